The van der Waals surface area contributed by atoms with Gasteiger partial charge in [0.15, 0.2) is 0 Å². The molecule has 1 heterocycles. The van der Waals surface area contributed by atoms with Crippen LogP contribution >= 0.6 is 0 Å². The first-order valence-electron chi connectivity index (χ1n) is 12.8. The Labute approximate surface area is 227 Å². The molecule has 4 aromatic rings. The smallest absolute Gasteiger partial charge is 0.457 e. The fraction of sp³-hybridized carbons (Fsp3) is 0.250. The van der Waals surface area contributed by atoms with Crippen LogP contribution in [-0.4, -0.2) is 48.5 Å². The third kappa shape index (κ3) is 7.07. The molecular weight excluding hydrogens is 517 g/mol. The Bertz CT molecular complexity index is 1520. The number of sulfonamides is 1. The number of ether oxygens (including phenoxy) is 1. The number of rotatable bonds is 12. The molecule has 0 radical (unpaired) electrons. The second kappa shape index (κ2) is 11.6. The molecule has 2 atom stereocenters. The fourth-order valence-corrected chi connectivity index (χ4v) is 5.66. The van der Waals surface area contributed by atoms with Gasteiger partial charge in [0.05, 0.1) is 10.8 Å². The van der Waals surface area contributed by atoms with Crippen molar-refractivity contribution in [2.75, 3.05) is 0 Å². The molecule has 5 N–H and O–H groups in total. The van der Waals surface area contributed by atoms with E-state index in [1.165, 1.54) is 12.1 Å². The van der Waals surface area contributed by atoms with Crippen LogP contribution < -0.4 is 14.8 Å². The van der Waals surface area contributed by atoms with E-state index in [4.69, 9.17) is 4.74 Å². The molecule has 0 aliphatic heterocycles. The van der Waals surface area contributed by atoms with Crippen molar-refractivity contribution in [3.8, 4) is 11.5 Å². The quantitative estimate of drug-likeness (QED) is 0.173. The molecule has 1 aliphatic carbocycles. The van der Waals surface area contributed by atoms with Crippen LogP contribution in [0.4, 0.5) is 0 Å². The number of H-pyrrole nitrogens is 1. The summed E-state index contributed by atoms with van der Waals surface area (Å²) in [6.45, 7) is 0. The van der Waals surface area contributed by atoms with Crippen molar-refractivity contribution in [3.63, 3.8) is 0 Å². The molecule has 1 aromatic heterocycles. The number of carbonyl (C=O) groups is 1. The molecule has 1 saturated carbocycles. The maximum atomic E-state index is 13.3. The third-order valence-corrected chi connectivity index (χ3v) is 8.25. The Hall–Kier alpha value is -3.64. The fourth-order valence-electron chi connectivity index (χ4n) is 4.46. The van der Waals surface area contributed by atoms with Crippen LogP contribution in [0.15, 0.2) is 90.0 Å². The summed E-state index contributed by atoms with van der Waals surface area (Å²) in [5.74, 6) is -0.104. The molecule has 1 amide bonds. The van der Waals surface area contributed by atoms with E-state index in [9.17, 15) is 23.3 Å². The lowest BCUT2D eigenvalue weighted by Crippen LogP contribution is -2.54. The zero-order valence-electron chi connectivity index (χ0n) is 21.2. The van der Waals surface area contributed by atoms with Crippen molar-refractivity contribution < 1.29 is 28.0 Å². The van der Waals surface area contributed by atoms with Gasteiger partial charge in [0, 0.05) is 17.1 Å². The number of hydrogen-bond donors (Lipinski definition) is 5. The van der Waals surface area contributed by atoms with Gasteiger partial charge in [-0.25, -0.2) is 8.42 Å². The van der Waals surface area contributed by atoms with Gasteiger partial charge in [-0.15, -0.1) is 0 Å². The summed E-state index contributed by atoms with van der Waals surface area (Å²) in [6.07, 6.45) is 4.30. The zero-order chi connectivity index (χ0) is 27.4. The van der Waals surface area contributed by atoms with Crippen LogP contribution in [0, 0.1) is 5.92 Å². The summed E-state index contributed by atoms with van der Waals surface area (Å²) in [5.41, 5.74) is 1.74. The summed E-state index contributed by atoms with van der Waals surface area (Å²) < 4.78 is 35.0. The summed E-state index contributed by atoms with van der Waals surface area (Å²) in [7, 11) is -5.84. The first-order valence-corrected chi connectivity index (χ1v) is 14.3. The van der Waals surface area contributed by atoms with Crippen molar-refractivity contribution in [1.82, 2.24) is 15.0 Å². The average molecular weight is 547 g/mol. The topological polar surface area (TPSA) is 141 Å². The third-order valence-electron chi connectivity index (χ3n) is 6.76. The van der Waals surface area contributed by atoms with Gasteiger partial charge < -0.3 is 25.1 Å². The number of benzene rings is 3. The van der Waals surface area contributed by atoms with Gasteiger partial charge in [-0.3, -0.25) is 4.79 Å². The largest absolute Gasteiger partial charge is 0.475 e. The predicted octanol–water partition coefficient (Wildman–Crippen LogP) is 3.15. The predicted molar refractivity (Wildman–Crippen MR) is 149 cm³/mol. The van der Waals surface area contributed by atoms with E-state index in [-0.39, 0.29) is 11.3 Å². The summed E-state index contributed by atoms with van der Waals surface area (Å²) >= 11 is 0. The van der Waals surface area contributed by atoms with E-state index in [0.29, 0.717) is 23.8 Å². The molecule has 1 aliphatic rings. The Kier molecular flexibility index (Phi) is 8.03. The van der Waals surface area contributed by atoms with E-state index < -0.39 is 35.0 Å². The molecule has 9 nitrogen and oxygen atoms in total. The van der Waals surface area contributed by atoms with Crippen molar-refractivity contribution in [3.05, 3.63) is 90.6 Å². The molecule has 202 valence electrons. The lowest BCUT2D eigenvalue weighted by atomic mass is 9.76. The summed E-state index contributed by atoms with van der Waals surface area (Å²) in [4.78, 5) is 16.3. The van der Waals surface area contributed by atoms with Crippen LogP contribution in [0.25, 0.3) is 10.9 Å². The van der Waals surface area contributed by atoms with Crippen molar-refractivity contribution in [2.24, 2.45) is 5.92 Å². The number of fused-ring (bicyclic) bond motifs is 1. The molecule has 5 rings (SSSR count). The normalized spacial score (nSPS) is 15.0. The minimum absolute atomic E-state index is 0.0291. The van der Waals surface area contributed by atoms with Gasteiger partial charge in [-0.1, -0.05) is 43.2 Å². The Morgan fingerprint density at radius 3 is 2.41 bits per heavy atom. The molecule has 0 unspecified atom stereocenters. The molecule has 0 spiro atoms. The number of hydrogen-bond acceptors (Lipinski definition) is 6. The van der Waals surface area contributed by atoms with Gasteiger partial charge >= 0.3 is 7.12 Å². The first kappa shape index (κ1) is 27.0. The van der Waals surface area contributed by atoms with Crippen LogP contribution in [-0.2, 0) is 21.2 Å². The minimum Gasteiger partial charge on any atom is -0.457 e. The highest BCUT2D eigenvalue weighted by molar-refractivity contribution is 7.89. The van der Waals surface area contributed by atoms with Crippen LogP contribution in [0.5, 0.6) is 11.5 Å². The highest BCUT2D eigenvalue weighted by Gasteiger charge is 2.35. The van der Waals surface area contributed by atoms with E-state index in [1.54, 1.807) is 36.4 Å². The van der Waals surface area contributed by atoms with Crippen molar-refractivity contribution >= 4 is 34.0 Å². The second-order valence-corrected chi connectivity index (χ2v) is 11.6. The van der Waals surface area contributed by atoms with E-state index in [1.807, 2.05) is 36.5 Å². The lowest BCUT2D eigenvalue weighted by molar-refractivity contribution is -0.123. The number of nitrogens with one attached hydrogen (secondary N) is 3. The standard InChI is InChI=1S/C28H30BN3O6S/c33-28(31-27(29(34)35)17-20-6-7-20)26(16-19-4-2-1-3-5-19)32-39(36,37)24-11-8-22(9-12-24)38-23-10-13-25-21(18-23)14-15-30-25/h1-5,8-15,18,20,26-27,30,32,34-35H,6-7,16-17H2,(H,31,33)/t26-,27-/m0/s1. The molecule has 3 aromatic carbocycles. The van der Waals surface area contributed by atoms with Crippen LogP contribution in [0.1, 0.15) is 24.8 Å². The van der Waals surface area contributed by atoms with Gasteiger partial charge in [0.2, 0.25) is 15.9 Å². The number of carbonyl (C=O) groups excluding carboxylic acids is 1. The Morgan fingerprint density at radius 2 is 1.72 bits per heavy atom. The number of aromatic amines is 1. The van der Waals surface area contributed by atoms with Crippen molar-refractivity contribution in [2.45, 2.75) is 42.6 Å². The average Bonchev–Trinajstić information content (AvgIpc) is 3.62. The monoisotopic (exact) mass is 547 g/mol. The van der Waals surface area contributed by atoms with Gasteiger partial charge in [0.1, 0.15) is 17.5 Å². The van der Waals surface area contributed by atoms with Gasteiger partial charge in [0.25, 0.3) is 0 Å². The molecule has 39 heavy (non-hydrogen) atoms. The summed E-state index contributed by atoms with van der Waals surface area (Å²) in [5, 5.41) is 23.2. The van der Waals surface area contributed by atoms with E-state index in [0.717, 1.165) is 29.3 Å². The molecule has 0 saturated heterocycles. The van der Waals surface area contributed by atoms with Gasteiger partial charge in [-0.05, 0) is 72.9 Å². The Balaban J connectivity index is 1.31. The van der Waals surface area contributed by atoms with Crippen LogP contribution in [0.2, 0.25) is 0 Å². The number of amides is 1. The highest BCUT2D eigenvalue weighted by atomic mass is 32.2. The molecule has 1 fully saturated rings. The van der Waals surface area contributed by atoms with E-state index in [2.05, 4.69) is 15.0 Å². The van der Waals surface area contributed by atoms with Gasteiger partial charge in [-0.2, -0.15) is 4.72 Å². The lowest BCUT2D eigenvalue weighted by Gasteiger charge is -2.23. The molecule has 0 bridgehead atoms. The number of aromatic nitrogens is 1. The first-order chi connectivity index (χ1) is 18.8. The molecule has 11 heteroatoms. The maximum absolute atomic E-state index is 13.3. The second-order valence-electron chi connectivity index (χ2n) is 9.87. The Morgan fingerprint density at radius 1 is 1.00 bits per heavy atom. The molecular formula is C28H30BN3O6S. The SMILES string of the molecule is O=C(N[C@@H](CC1CC1)B(O)O)[C@H](Cc1ccccc1)NS(=O)(=O)c1ccc(Oc2ccc3[nH]ccc3c2)cc1. The summed E-state index contributed by atoms with van der Waals surface area (Å²) in [6, 6.07) is 21.3. The maximum Gasteiger partial charge on any atom is 0.475 e. The van der Waals surface area contributed by atoms with E-state index >= 15 is 0 Å². The zero-order valence-corrected chi connectivity index (χ0v) is 22.0. The van der Waals surface area contributed by atoms with Crippen LogP contribution in [0.3, 0.4) is 0 Å². The highest BCUT2D eigenvalue weighted by Crippen LogP contribution is 2.33. The minimum atomic E-state index is -4.10. The van der Waals surface area contributed by atoms with Crippen molar-refractivity contribution in [1.29, 1.82) is 0 Å².